The first-order valence-electron chi connectivity index (χ1n) is 6.52. The molecule has 0 radical (unpaired) electrons. The van der Waals surface area contributed by atoms with E-state index < -0.39 is 0 Å². The van der Waals surface area contributed by atoms with Gasteiger partial charge in [-0.1, -0.05) is 6.92 Å². The number of rotatable bonds is 9. The number of halogens is 2. The minimum Gasteiger partial charge on any atom is -0.492 e. The molecule has 0 atom stereocenters. The average Bonchev–Trinajstić information content (AvgIpc) is 2.35. The molecule has 2 nitrogen and oxygen atoms in total. The van der Waals surface area contributed by atoms with E-state index in [0.29, 0.717) is 16.8 Å². The predicted molar refractivity (Wildman–Crippen MR) is 76.6 cm³/mol. The standard InChI is InChI=1S/C14H21BrFNO/c1-2-8-17-9-4-3-5-10-18-14-7-6-12(16)11-13(14)15/h6-7,11,17H,2-5,8-10H2,1H3. The summed E-state index contributed by atoms with van der Waals surface area (Å²) in [5, 5.41) is 3.37. The summed E-state index contributed by atoms with van der Waals surface area (Å²) in [6.45, 7) is 5.02. The molecule has 0 fully saturated rings. The number of nitrogens with one attached hydrogen (secondary N) is 1. The lowest BCUT2D eigenvalue weighted by Crippen LogP contribution is -2.15. The van der Waals surface area contributed by atoms with E-state index >= 15 is 0 Å². The summed E-state index contributed by atoms with van der Waals surface area (Å²) in [5.41, 5.74) is 0. The van der Waals surface area contributed by atoms with Gasteiger partial charge in [-0.3, -0.25) is 0 Å². The first-order valence-corrected chi connectivity index (χ1v) is 7.32. The highest BCUT2D eigenvalue weighted by atomic mass is 79.9. The highest BCUT2D eigenvalue weighted by molar-refractivity contribution is 9.10. The van der Waals surface area contributed by atoms with E-state index in [1.165, 1.54) is 25.0 Å². The molecule has 1 aromatic rings. The van der Waals surface area contributed by atoms with Crippen LogP contribution >= 0.6 is 15.9 Å². The third kappa shape index (κ3) is 6.36. The Bertz CT molecular complexity index is 347. The van der Waals surface area contributed by atoms with Crippen LogP contribution in [0, 0.1) is 5.82 Å². The van der Waals surface area contributed by atoms with Gasteiger partial charge >= 0.3 is 0 Å². The van der Waals surface area contributed by atoms with E-state index in [0.717, 1.165) is 25.9 Å². The van der Waals surface area contributed by atoms with Gasteiger partial charge in [-0.25, -0.2) is 4.39 Å². The molecule has 0 aliphatic rings. The van der Waals surface area contributed by atoms with Gasteiger partial charge in [0.15, 0.2) is 0 Å². The molecule has 0 aliphatic heterocycles. The largest absolute Gasteiger partial charge is 0.492 e. The second-order valence-corrected chi connectivity index (χ2v) is 5.09. The Labute approximate surface area is 117 Å². The molecule has 0 spiro atoms. The maximum Gasteiger partial charge on any atom is 0.133 e. The van der Waals surface area contributed by atoms with Crippen molar-refractivity contribution in [1.29, 1.82) is 0 Å². The Balaban J connectivity index is 2.07. The van der Waals surface area contributed by atoms with Gasteiger partial charge in [-0.15, -0.1) is 0 Å². The third-order valence-electron chi connectivity index (χ3n) is 2.58. The van der Waals surface area contributed by atoms with Crippen LogP contribution in [-0.2, 0) is 0 Å². The first-order chi connectivity index (χ1) is 8.74. The van der Waals surface area contributed by atoms with Crippen molar-refractivity contribution in [3.05, 3.63) is 28.5 Å². The SMILES string of the molecule is CCCNCCCCCOc1ccc(F)cc1Br. The Kier molecular flexibility index (Phi) is 8.01. The first kappa shape index (κ1) is 15.4. The van der Waals surface area contributed by atoms with Crippen molar-refractivity contribution < 1.29 is 9.13 Å². The lowest BCUT2D eigenvalue weighted by atomic mass is 10.2. The zero-order valence-electron chi connectivity index (χ0n) is 10.8. The molecular formula is C14H21BrFNO. The molecule has 0 bridgehead atoms. The van der Waals surface area contributed by atoms with E-state index in [1.807, 2.05) is 0 Å². The molecule has 1 aromatic carbocycles. The molecule has 4 heteroatoms. The van der Waals surface area contributed by atoms with Gasteiger partial charge in [-0.2, -0.15) is 0 Å². The maximum absolute atomic E-state index is 12.8. The third-order valence-corrected chi connectivity index (χ3v) is 3.20. The van der Waals surface area contributed by atoms with E-state index in [2.05, 4.69) is 28.2 Å². The van der Waals surface area contributed by atoms with Crippen LogP contribution in [0.25, 0.3) is 0 Å². The molecule has 1 rings (SSSR count). The molecule has 0 aromatic heterocycles. The van der Waals surface area contributed by atoms with Crippen molar-refractivity contribution in [1.82, 2.24) is 5.32 Å². The summed E-state index contributed by atoms with van der Waals surface area (Å²) < 4.78 is 19.1. The Morgan fingerprint density at radius 2 is 2.06 bits per heavy atom. The number of hydrogen-bond acceptors (Lipinski definition) is 2. The van der Waals surface area contributed by atoms with Gasteiger partial charge in [0.2, 0.25) is 0 Å². The van der Waals surface area contributed by atoms with Crippen LogP contribution in [0.5, 0.6) is 5.75 Å². The van der Waals surface area contributed by atoms with Crippen LogP contribution < -0.4 is 10.1 Å². The van der Waals surface area contributed by atoms with Gasteiger partial charge < -0.3 is 10.1 Å². The van der Waals surface area contributed by atoms with E-state index in [1.54, 1.807) is 6.07 Å². The topological polar surface area (TPSA) is 21.3 Å². The monoisotopic (exact) mass is 317 g/mol. The zero-order chi connectivity index (χ0) is 13.2. The van der Waals surface area contributed by atoms with Gasteiger partial charge in [0.1, 0.15) is 11.6 Å². The highest BCUT2D eigenvalue weighted by Gasteiger charge is 2.02. The lowest BCUT2D eigenvalue weighted by Gasteiger charge is -2.08. The van der Waals surface area contributed by atoms with Crippen molar-refractivity contribution in [2.45, 2.75) is 32.6 Å². The molecule has 0 heterocycles. The second-order valence-electron chi connectivity index (χ2n) is 4.23. The fourth-order valence-electron chi connectivity index (χ4n) is 1.61. The summed E-state index contributed by atoms with van der Waals surface area (Å²) in [7, 11) is 0. The van der Waals surface area contributed by atoms with Crippen LogP contribution in [0.4, 0.5) is 4.39 Å². The molecular weight excluding hydrogens is 297 g/mol. The molecule has 0 unspecified atom stereocenters. The van der Waals surface area contributed by atoms with Crippen molar-refractivity contribution >= 4 is 15.9 Å². The fourth-order valence-corrected chi connectivity index (χ4v) is 2.07. The fraction of sp³-hybridized carbons (Fsp3) is 0.571. The maximum atomic E-state index is 12.8. The molecule has 102 valence electrons. The number of ether oxygens (including phenoxy) is 1. The molecule has 0 saturated heterocycles. The predicted octanol–water partition coefficient (Wildman–Crippen LogP) is 4.14. The Morgan fingerprint density at radius 3 is 2.78 bits per heavy atom. The minimum absolute atomic E-state index is 0.253. The molecule has 0 amide bonds. The van der Waals surface area contributed by atoms with Crippen molar-refractivity contribution in [2.75, 3.05) is 19.7 Å². The molecule has 0 saturated carbocycles. The van der Waals surface area contributed by atoms with Gasteiger partial charge in [0.05, 0.1) is 11.1 Å². The van der Waals surface area contributed by atoms with Crippen LogP contribution in [0.1, 0.15) is 32.6 Å². The Morgan fingerprint density at radius 1 is 1.22 bits per heavy atom. The summed E-state index contributed by atoms with van der Waals surface area (Å²) in [6, 6.07) is 4.49. The van der Waals surface area contributed by atoms with E-state index in [9.17, 15) is 4.39 Å². The minimum atomic E-state index is -0.253. The van der Waals surface area contributed by atoms with Crippen LogP contribution in [0.3, 0.4) is 0 Å². The van der Waals surface area contributed by atoms with Gasteiger partial charge in [0.25, 0.3) is 0 Å². The summed E-state index contributed by atoms with van der Waals surface area (Å²) in [5.74, 6) is 0.455. The van der Waals surface area contributed by atoms with Crippen molar-refractivity contribution in [2.24, 2.45) is 0 Å². The van der Waals surface area contributed by atoms with Crippen LogP contribution in [-0.4, -0.2) is 19.7 Å². The number of benzene rings is 1. The van der Waals surface area contributed by atoms with Gasteiger partial charge in [0, 0.05) is 0 Å². The summed E-state index contributed by atoms with van der Waals surface area (Å²) in [6.07, 6.45) is 4.53. The lowest BCUT2D eigenvalue weighted by molar-refractivity contribution is 0.302. The summed E-state index contributed by atoms with van der Waals surface area (Å²) in [4.78, 5) is 0. The highest BCUT2D eigenvalue weighted by Crippen LogP contribution is 2.25. The van der Waals surface area contributed by atoms with Crippen LogP contribution in [0.15, 0.2) is 22.7 Å². The number of unbranched alkanes of at least 4 members (excludes halogenated alkanes) is 2. The molecule has 18 heavy (non-hydrogen) atoms. The van der Waals surface area contributed by atoms with Crippen molar-refractivity contribution in [3.63, 3.8) is 0 Å². The van der Waals surface area contributed by atoms with Crippen LogP contribution in [0.2, 0.25) is 0 Å². The molecule has 1 N–H and O–H groups in total. The molecule has 0 aliphatic carbocycles. The second kappa shape index (κ2) is 9.34. The normalized spacial score (nSPS) is 10.6. The van der Waals surface area contributed by atoms with Gasteiger partial charge in [-0.05, 0) is 72.9 Å². The van der Waals surface area contributed by atoms with E-state index in [4.69, 9.17) is 4.74 Å². The smallest absolute Gasteiger partial charge is 0.133 e. The quantitative estimate of drug-likeness (QED) is 0.691. The summed E-state index contributed by atoms with van der Waals surface area (Å²) >= 11 is 3.28. The zero-order valence-corrected chi connectivity index (χ0v) is 12.4. The number of hydrogen-bond donors (Lipinski definition) is 1. The average molecular weight is 318 g/mol. The van der Waals surface area contributed by atoms with Crippen molar-refractivity contribution in [3.8, 4) is 5.75 Å². The Hall–Kier alpha value is -0.610. The van der Waals surface area contributed by atoms with E-state index in [-0.39, 0.29) is 5.82 Å².